The molecule has 1 aliphatic heterocycles. The van der Waals surface area contributed by atoms with Crippen LogP contribution in [-0.4, -0.2) is 41.8 Å². The molecule has 0 spiro atoms. The van der Waals surface area contributed by atoms with Crippen molar-refractivity contribution in [2.24, 2.45) is 11.8 Å². The number of piperidine rings is 1. The molecule has 1 aromatic carbocycles. The Labute approximate surface area is 131 Å². The smallest absolute Gasteiger partial charge is 0.407 e. The maximum absolute atomic E-state index is 10.9. The number of hydrogen-bond acceptors (Lipinski definition) is 2. The summed E-state index contributed by atoms with van der Waals surface area (Å²) < 4.78 is 0. The predicted molar refractivity (Wildman–Crippen MR) is 87.7 cm³/mol. The normalized spacial score (nSPS) is 25.5. The molecule has 22 heavy (non-hydrogen) atoms. The molecule has 2 fully saturated rings. The third-order valence-corrected chi connectivity index (χ3v) is 4.73. The Kier molecular flexibility index (Phi) is 4.78. The van der Waals surface area contributed by atoms with E-state index in [-0.39, 0.29) is 0 Å². The lowest BCUT2D eigenvalue weighted by Gasteiger charge is -2.30. The maximum Gasteiger partial charge on any atom is 0.407 e. The standard InChI is InChI=1S/C18H24N2O2/c21-18(22)20-10-8-15(9-11-20)13-19-17-12-16(17)7-6-14-4-2-1-3-5-14/h1-7,15-17,19H,8-13H2,(H,21,22). The van der Waals surface area contributed by atoms with E-state index in [4.69, 9.17) is 5.11 Å². The minimum atomic E-state index is -0.778. The Hall–Kier alpha value is -1.81. The van der Waals surface area contributed by atoms with E-state index < -0.39 is 6.09 Å². The first-order valence-electron chi connectivity index (χ1n) is 8.17. The molecule has 4 heteroatoms. The fraction of sp³-hybridized carbons (Fsp3) is 0.500. The number of benzene rings is 1. The molecule has 4 nitrogen and oxygen atoms in total. The molecule has 1 aliphatic carbocycles. The van der Waals surface area contributed by atoms with Crippen LogP contribution in [0.1, 0.15) is 24.8 Å². The first-order valence-corrected chi connectivity index (χ1v) is 8.17. The van der Waals surface area contributed by atoms with Crippen LogP contribution < -0.4 is 5.32 Å². The number of hydrogen-bond donors (Lipinski definition) is 2. The maximum atomic E-state index is 10.9. The number of amides is 1. The van der Waals surface area contributed by atoms with Gasteiger partial charge in [-0.05, 0) is 43.2 Å². The number of likely N-dealkylation sites (tertiary alicyclic amines) is 1. The molecule has 1 amide bonds. The molecule has 0 aromatic heterocycles. The van der Waals surface area contributed by atoms with E-state index in [2.05, 4.69) is 41.7 Å². The monoisotopic (exact) mass is 300 g/mol. The fourth-order valence-electron chi connectivity index (χ4n) is 3.11. The van der Waals surface area contributed by atoms with Crippen LogP contribution >= 0.6 is 0 Å². The molecule has 0 radical (unpaired) electrons. The van der Waals surface area contributed by atoms with E-state index in [1.165, 1.54) is 16.9 Å². The largest absolute Gasteiger partial charge is 0.465 e. The van der Waals surface area contributed by atoms with E-state index in [1.54, 1.807) is 0 Å². The third kappa shape index (κ3) is 4.10. The van der Waals surface area contributed by atoms with Crippen molar-refractivity contribution >= 4 is 12.2 Å². The van der Waals surface area contributed by atoms with Crippen molar-refractivity contribution in [2.45, 2.75) is 25.3 Å². The van der Waals surface area contributed by atoms with Crippen molar-refractivity contribution in [3.8, 4) is 0 Å². The molecule has 1 aromatic rings. The number of carbonyl (C=O) groups is 1. The molecular formula is C18H24N2O2. The van der Waals surface area contributed by atoms with Crippen LogP contribution in [0.3, 0.4) is 0 Å². The van der Waals surface area contributed by atoms with Gasteiger partial charge < -0.3 is 15.3 Å². The highest BCUT2D eigenvalue weighted by Crippen LogP contribution is 2.32. The molecule has 1 saturated heterocycles. The zero-order valence-corrected chi connectivity index (χ0v) is 12.8. The molecular weight excluding hydrogens is 276 g/mol. The Morgan fingerprint density at radius 1 is 1.27 bits per heavy atom. The summed E-state index contributed by atoms with van der Waals surface area (Å²) in [5.41, 5.74) is 1.26. The summed E-state index contributed by atoms with van der Waals surface area (Å²) in [7, 11) is 0. The average Bonchev–Trinajstić information content (AvgIpc) is 3.31. The van der Waals surface area contributed by atoms with Crippen molar-refractivity contribution in [1.29, 1.82) is 0 Å². The van der Waals surface area contributed by atoms with Gasteiger partial charge in [-0.1, -0.05) is 42.5 Å². The molecule has 2 atom stereocenters. The SMILES string of the molecule is O=C(O)N1CCC(CNC2CC2C=Cc2ccccc2)CC1. The zero-order chi connectivity index (χ0) is 15.4. The van der Waals surface area contributed by atoms with E-state index in [0.717, 1.165) is 19.4 Å². The summed E-state index contributed by atoms with van der Waals surface area (Å²) in [6.07, 6.45) is 6.92. The number of nitrogens with zero attached hydrogens (tertiary/aromatic N) is 1. The third-order valence-electron chi connectivity index (χ3n) is 4.73. The Balaban J connectivity index is 1.35. The molecule has 1 heterocycles. The van der Waals surface area contributed by atoms with E-state index in [1.807, 2.05) is 6.07 Å². The van der Waals surface area contributed by atoms with Gasteiger partial charge in [0.15, 0.2) is 0 Å². The Morgan fingerprint density at radius 2 is 2.00 bits per heavy atom. The molecule has 2 unspecified atom stereocenters. The lowest BCUT2D eigenvalue weighted by atomic mass is 9.97. The molecule has 1 saturated carbocycles. The van der Waals surface area contributed by atoms with Crippen molar-refractivity contribution in [1.82, 2.24) is 10.2 Å². The van der Waals surface area contributed by atoms with Crippen LogP contribution in [0.2, 0.25) is 0 Å². The Bertz CT molecular complexity index is 521. The summed E-state index contributed by atoms with van der Waals surface area (Å²) in [4.78, 5) is 12.4. The van der Waals surface area contributed by atoms with Crippen LogP contribution in [0.25, 0.3) is 6.08 Å². The number of carboxylic acid groups (broad SMARTS) is 1. The second-order valence-electron chi connectivity index (χ2n) is 6.40. The van der Waals surface area contributed by atoms with E-state index in [0.29, 0.717) is 31.0 Å². The Morgan fingerprint density at radius 3 is 2.68 bits per heavy atom. The summed E-state index contributed by atoms with van der Waals surface area (Å²) >= 11 is 0. The minimum absolute atomic E-state index is 0.609. The van der Waals surface area contributed by atoms with Gasteiger partial charge in [-0.25, -0.2) is 4.79 Å². The minimum Gasteiger partial charge on any atom is -0.465 e. The second kappa shape index (κ2) is 6.97. The summed E-state index contributed by atoms with van der Waals surface area (Å²) in [5, 5.41) is 12.6. The fourth-order valence-corrected chi connectivity index (χ4v) is 3.11. The molecule has 2 aliphatic rings. The zero-order valence-electron chi connectivity index (χ0n) is 12.8. The van der Waals surface area contributed by atoms with Crippen molar-refractivity contribution in [3.63, 3.8) is 0 Å². The van der Waals surface area contributed by atoms with Gasteiger partial charge in [0.25, 0.3) is 0 Å². The van der Waals surface area contributed by atoms with Crippen LogP contribution in [0, 0.1) is 11.8 Å². The average molecular weight is 300 g/mol. The van der Waals surface area contributed by atoms with Gasteiger partial charge in [0, 0.05) is 19.1 Å². The molecule has 0 bridgehead atoms. The summed E-state index contributed by atoms with van der Waals surface area (Å²) in [6.45, 7) is 2.39. The van der Waals surface area contributed by atoms with Gasteiger partial charge in [-0.15, -0.1) is 0 Å². The topological polar surface area (TPSA) is 52.6 Å². The van der Waals surface area contributed by atoms with Gasteiger partial charge in [-0.2, -0.15) is 0 Å². The number of rotatable bonds is 5. The van der Waals surface area contributed by atoms with Gasteiger partial charge in [0.2, 0.25) is 0 Å². The first kappa shape index (κ1) is 15.1. The van der Waals surface area contributed by atoms with Gasteiger partial charge in [0.05, 0.1) is 0 Å². The van der Waals surface area contributed by atoms with Gasteiger partial charge in [-0.3, -0.25) is 0 Å². The van der Waals surface area contributed by atoms with Crippen molar-refractivity contribution in [3.05, 3.63) is 42.0 Å². The number of nitrogens with one attached hydrogen (secondary N) is 1. The van der Waals surface area contributed by atoms with Crippen molar-refractivity contribution < 1.29 is 9.90 Å². The van der Waals surface area contributed by atoms with E-state index >= 15 is 0 Å². The summed E-state index contributed by atoms with van der Waals surface area (Å²) in [6, 6.07) is 11.0. The highest BCUT2D eigenvalue weighted by Gasteiger charge is 2.35. The lowest BCUT2D eigenvalue weighted by Crippen LogP contribution is -2.40. The van der Waals surface area contributed by atoms with E-state index in [9.17, 15) is 4.79 Å². The van der Waals surface area contributed by atoms with Crippen molar-refractivity contribution in [2.75, 3.05) is 19.6 Å². The van der Waals surface area contributed by atoms with Gasteiger partial charge in [0.1, 0.15) is 0 Å². The molecule has 118 valence electrons. The summed E-state index contributed by atoms with van der Waals surface area (Å²) in [5.74, 6) is 1.27. The lowest BCUT2D eigenvalue weighted by molar-refractivity contribution is 0.124. The second-order valence-corrected chi connectivity index (χ2v) is 6.40. The first-order chi connectivity index (χ1) is 10.7. The molecule has 3 rings (SSSR count). The van der Waals surface area contributed by atoms with Gasteiger partial charge >= 0.3 is 6.09 Å². The molecule has 2 N–H and O–H groups in total. The van der Waals surface area contributed by atoms with Crippen LogP contribution in [0.5, 0.6) is 0 Å². The quantitative estimate of drug-likeness (QED) is 0.878. The van der Waals surface area contributed by atoms with Crippen LogP contribution in [0.15, 0.2) is 36.4 Å². The van der Waals surface area contributed by atoms with Crippen LogP contribution in [0.4, 0.5) is 4.79 Å². The highest BCUT2D eigenvalue weighted by atomic mass is 16.4. The predicted octanol–water partition coefficient (Wildman–Crippen LogP) is 3.07. The van der Waals surface area contributed by atoms with Crippen LogP contribution in [-0.2, 0) is 0 Å². The highest BCUT2D eigenvalue weighted by molar-refractivity contribution is 5.64.